The zero-order chi connectivity index (χ0) is 13.0. The lowest BCUT2D eigenvalue weighted by molar-refractivity contribution is 0.186. The van der Waals surface area contributed by atoms with Crippen molar-refractivity contribution in [3.63, 3.8) is 0 Å². The maximum atomic E-state index is 6.42. The van der Waals surface area contributed by atoms with Crippen LogP contribution in [0.2, 0.25) is 0 Å². The normalized spacial score (nSPS) is 24.2. The molecule has 3 nitrogen and oxygen atoms in total. The van der Waals surface area contributed by atoms with E-state index in [4.69, 9.17) is 16.3 Å². The Morgan fingerprint density at radius 1 is 1.39 bits per heavy atom. The van der Waals surface area contributed by atoms with Gasteiger partial charge in [-0.2, -0.15) is 0 Å². The molecule has 100 valence electrons. The number of alkyl halides is 1. The van der Waals surface area contributed by atoms with Crippen LogP contribution in [0.15, 0.2) is 18.2 Å². The first-order valence-corrected chi connectivity index (χ1v) is 6.98. The molecule has 2 unspecified atom stereocenters. The molecule has 1 fully saturated rings. The summed E-state index contributed by atoms with van der Waals surface area (Å²) in [6, 6.07) is 6.35. The highest BCUT2D eigenvalue weighted by Crippen LogP contribution is 2.27. The number of hydrogen-bond acceptors (Lipinski definition) is 3. The fraction of sp³-hybridized carbons (Fsp3) is 0.643. The summed E-state index contributed by atoms with van der Waals surface area (Å²) in [4.78, 5) is 6.76. The van der Waals surface area contributed by atoms with Crippen molar-refractivity contribution < 1.29 is 4.74 Å². The molecule has 1 aromatic heterocycles. The van der Waals surface area contributed by atoms with E-state index in [2.05, 4.69) is 16.9 Å². The molecule has 4 heteroatoms. The average molecular weight is 269 g/mol. The highest BCUT2D eigenvalue weighted by atomic mass is 35.5. The Balaban J connectivity index is 1.98. The van der Waals surface area contributed by atoms with E-state index >= 15 is 0 Å². The average Bonchev–Trinajstić information content (AvgIpc) is 2.39. The zero-order valence-corrected chi connectivity index (χ0v) is 11.9. The summed E-state index contributed by atoms with van der Waals surface area (Å²) < 4.78 is 5.15. The molecule has 0 saturated heterocycles. The highest BCUT2D eigenvalue weighted by molar-refractivity contribution is 6.21. The SMILES string of the molecule is COc1cccc(CN(C)C2CCCCC2Cl)n1. The van der Waals surface area contributed by atoms with Gasteiger partial charge in [-0.25, -0.2) is 4.98 Å². The third kappa shape index (κ3) is 3.36. The summed E-state index contributed by atoms with van der Waals surface area (Å²) in [5.41, 5.74) is 1.03. The van der Waals surface area contributed by atoms with Crippen molar-refractivity contribution in [2.24, 2.45) is 0 Å². The van der Waals surface area contributed by atoms with E-state index < -0.39 is 0 Å². The van der Waals surface area contributed by atoms with Crippen LogP contribution in [0.4, 0.5) is 0 Å². The number of hydrogen-bond donors (Lipinski definition) is 0. The van der Waals surface area contributed by atoms with Gasteiger partial charge in [0.25, 0.3) is 0 Å². The van der Waals surface area contributed by atoms with E-state index in [0.29, 0.717) is 11.9 Å². The first kappa shape index (κ1) is 13.6. The fourth-order valence-electron chi connectivity index (χ4n) is 2.59. The zero-order valence-electron chi connectivity index (χ0n) is 11.1. The largest absolute Gasteiger partial charge is 0.481 e. The minimum absolute atomic E-state index is 0.273. The lowest BCUT2D eigenvalue weighted by Crippen LogP contribution is -2.40. The molecule has 1 saturated carbocycles. The Hall–Kier alpha value is -0.800. The summed E-state index contributed by atoms with van der Waals surface area (Å²) in [5.74, 6) is 0.673. The number of rotatable bonds is 4. The van der Waals surface area contributed by atoms with Crippen LogP contribution in [-0.4, -0.2) is 35.5 Å². The highest BCUT2D eigenvalue weighted by Gasteiger charge is 2.26. The standard InChI is InChI=1S/C14H21ClN2O/c1-17(13-8-4-3-7-12(13)15)10-11-6-5-9-14(16-11)18-2/h5-6,9,12-13H,3-4,7-8,10H2,1-2H3. The van der Waals surface area contributed by atoms with Crippen molar-refractivity contribution in [2.45, 2.75) is 43.6 Å². The molecule has 0 aromatic carbocycles. The van der Waals surface area contributed by atoms with E-state index in [-0.39, 0.29) is 5.38 Å². The number of methoxy groups -OCH3 is 1. The van der Waals surface area contributed by atoms with Crippen LogP contribution >= 0.6 is 11.6 Å². The van der Waals surface area contributed by atoms with Gasteiger partial charge in [-0.15, -0.1) is 11.6 Å². The molecule has 1 heterocycles. The molecular weight excluding hydrogens is 248 g/mol. The number of nitrogens with zero attached hydrogens (tertiary/aromatic N) is 2. The van der Waals surface area contributed by atoms with Gasteiger partial charge >= 0.3 is 0 Å². The lowest BCUT2D eigenvalue weighted by atomic mass is 9.94. The Morgan fingerprint density at radius 3 is 2.89 bits per heavy atom. The molecule has 0 aliphatic heterocycles. The van der Waals surface area contributed by atoms with Crippen molar-refractivity contribution >= 4 is 11.6 Å². The van der Waals surface area contributed by atoms with Crippen LogP contribution < -0.4 is 4.74 Å². The lowest BCUT2D eigenvalue weighted by Gasteiger charge is -2.34. The topological polar surface area (TPSA) is 25.4 Å². The van der Waals surface area contributed by atoms with E-state index in [0.717, 1.165) is 18.7 Å². The molecule has 0 bridgehead atoms. The first-order valence-electron chi connectivity index (χ1n) is 6.55. The second-order valence-electron chi connectivity index (χ2n) is 4.95. The Bertz CT molecular complexity index is 386. The molecular formula is C14H21ClN2O. The molecule has 0 amide bonds. The monoisotopic (exact) mass is 268 g/mol. The molecule has 0 spiro atoms. The Labute approximate surface area is 114 Å². The molecule has 0 radical (unpaired) electrons. The van der Waals surface area contributed by atoms with E-state index in [1.165, 1.54) is 19.3 Å². The minimum atomic E-state index is 0.273. The van der Waals surface area contributed by atoms with Gasteiger partial charge in [-0.3, -0.25) is 4.90 Å². The van der Waals surface area contributed by atoms with Gasteiger partial charge in [0, 0.05) is 24.0 Å². The van der Waals surface area contributed by atoms with Crippen molar-refractivity contribution in [3.8, 4) is 5.88 Å². The molecule has 18 heavy (non-hydrogen) atoms. The molecule has 1 aliphatic rings. The van der Waals surface area contributed by atoms with Gasteiger partial charge in [-0.05, 0) is 26.0 Å². The summed E-state index contributed by atoms with van der Waals surface area (Å²) in [7, 11) is 3.78. The van der Waals surface area contributed by atoms with Crippen molar-refractivity contribution in [2.75, 3.05) is 14.2 Å². The third-order valence-electron chi connectivity index (χ3n) is 3.62. The predicted molar refractivity (Wildman–Crippen MR) is 74.2 cm³/mol. The van der Waals surface area contributed by atoms with Gasteiger partial charge in [-0.1, -0.05) is 18.9 Å². The maximum absolute atomic E-state index is 6.42. The second kappa shape index (κ2) is 6.39. The molecule has 1 aliphatic carbocycles. The van der Waals surface area contributed by atoms with E-state index in [1.807, 2.05) is 18.2 Å². The van der Waals surface area contributed by atoms with Crippen LogP contribution in [0.1, 0.15) is 31.4 Å². The summed E-state index contributed by atoms with van der Waals surface area (Å²) in [6.07, 6.45) is 4.86. The first-order chi connectivity index (χ1) is 8.70. The van der Waals surface area contributed by atoms with Crippen LogP contribution in [-0.2, 0) is 6.54 Å². The number of ether oxygens (including phenoxy) is 1. The van der Waals surface area contributed by atoms with Crippen molar-refractivity contribution in [1.82, 2.24) is 9.88 Å². The van der Waals surface area contributed by atoms with Crippen LogP contribution in [0, 0.1) is 0 Å². The number of halogens is 1. The third-order valence-corrected chi connectivity index (χ3v) is 4.12. The maximum Gasteiger partial charge on any atom is 0.213 e. The Morgan fingerprint density at radius 2 is 2.17 bits per heavy atom. The molecule has 2 rings (SSSR count). The van der Waals surface area contributed by atoms with Crippen LogP contribution in [0.5, 0.6) is 5.88 Å². The van der Waals surface area contributed by atoms with Crippen molar-refractivity contribution in [1.29, 1.82) is 0 Å². The van der Waals surface area contributed by atoms with E-state index in [9.17, 15) is 0 Å². The van der Waals surface area contributed by atoms with Gasteiger partial charge in [0.15, 0.2) is 0 Å². The summed E-state index contributed by atoms with van der Waals surface area (Å²) in [5, 5.41) is 0.273. The van der Waals surface area contributed by atoms with Gasteiger partial charge in [0.1, 0.15) is 0 Å². The number of pyridine rings is 1. The molecule has 1 aromatic rings. The summed E-state index contributed by atoms with van der Waals surface area (Å²) in [6.45, 7) is 0.824. The van der Waals surface area contributed by atoms with Crippen molar-refractivity contribution in [3.05, 3.63) is 23.9 Å². The van der Waals surface area contributed by atoms with Gasteiger partial charge in [0.2, 0.25) is 5.88 Å². The quantitative estimate of drug-likeness (QED) is 0.785. The van der Waals surface area contributed by atoms with Crippen LogP contribution in [0.25, 0.3) is 0 Å². The second-order valence-corrected chi connectivity index (χ2v) is 5.51. The molecule has 0 N–H and O–H groups in total. The predicted octanol–water partition coefficient (Wildman–Crippen LogP) is 3.07. The minimum Gasteiger partial charge on any atom is -0.481 e. The van der Waals surface area contributed by atoms with E-state index in [1.54, 1.807) is 7.11 Å². The smallest absolute Gasteiger partial charge is 0.213 e. The van der Waals surface area contributed by atoms with Gasteiger partial charge < -0.3 is 4.74 Å². The summed E-state index contributed by atoms with van der Waals surface area (Å²) >= 11 is 6.42. The Kier molecular flexibility index (Phi) is 4.84. The molecule has 2 atom stereocenters. The van der Waals surface area contributed by atoms with Crippen LogP contribution in [0.3, 0.4) is 0 Å². The van der Waals surface area contributed by atoms with Gasteiger partial charge in [0.05, 0.1) is 12.8 Å². The fourth-order valence-corrected chi connectivity index (χ4v) is 3.07. The number of aromatic nitrogens is 1.